The van der Waals surface area contributed by atoms with Crippen LogP contribution in [-0.4, -0.2) is 16.3 Å². The second-order valence-electron chi connectivity index (χ2n) is 10.4. The van der Waals surface area contributed by atoms with E-state index in [0.29, 0.717) is 23.0 Å². The van der Waals surface area contributed by atoms with Gasteiger partial charge in [0.2, 0.25) is 0 Å². The highest BCUT2D eigenvalue weighted by Gasteiger charge is 2.50. The maximum atomic E-state index is 10.0. The lowest BCUT2D eigenvalue weighted by atomic mass is 9.60. The number of aromatic hydroxyl groups is 1. The van der Waals surface area contributed by atoms with Crippen LogP contribution in [-0.2, 0) is 6.42 Å². The number of rotatable bonds is 4. The highest BCUT2D eigenvalue weighted by atomic mass is 16.3. The van der Waals surface area contributed by atoms with E-state index in [2.05, 4.69) is 44.7 Å². The van der Waals surface area contributed by atoms with Crippen molar-refractivity contribution in [1.29, 1.82) is 0 Å². The van der Waals surface area contributed by atoms with E-state index in [4.69, 9.17) is 0 Å². The van der Waals surface area contributed by atoms with Gasteiger partial charge in [-0.05, 0) is 104 Å². The maximum Gasteiger partial charge on any atom is 0.115 e. The van der Waals surface area contributed by atoms with Crippen LogP contribution in [0.3, 0.4) is 0 Å². The third-order valence-electron chi connectivity index (χ3n) is 8.41. The molecule has 2 N–H and O–H groups in total. The molecule has 1 aromatic carbocycles. The Balaban J connectivity index is 1.50. The first kappa shape index (κ1) is 21.4. The molecule has 0 aromatic heterocycles. The zero-order chi connectivity index (χ0) is 21.3. The van der Waals surface area contributed by atoms with Gasteiger partial charge >= 0.3 is 0 Å². The first-order chi connectivity index (χ1) is 14.4. The van der Waals surface area contributed by atoms with Crippen LogP contribution in [0.5, 0.6) is 5.75 Å². The Labute approximate surface area is 182 Å². The van der Waals surface area contributed by atoms with Gasteiger partial charge in [-0.1, -0.05) is 55.9 Å². The molecule has 2 nitrogen and oxygen atoms in total. The number of aliphatic hydroxyl groups excluding tert-OH is 1. The number of phenols is 1. The minimum atomic E-state index is -0.201. The van der Waals surface area contributed by atoms with E-state index in [1.165, 1.54) is 48.8 Å². The highest BCUT2D eigenvalue weighted by molar-refractivity contribution is 5.36. The topological polar surface area (TPSA) is 40.5 Å². The summed E-state index contributed by atoms with van der Waals surface area (Å²) in [5, 5.41) is 19.6. The molecule has 3 saturated carbocycles. The lowest BCUT2D eigenvalue weighted by Crippen LogP contribution is -2.36. The van der Waals surface area contributed by atoms with Gasteiger partial charge in [-0.25, -0.2) is 0 Å². The van der Waals surface area contributed by atoms with Crippen molar-refractivity contribution < 1.29 is 10.2 Å². The number of phenolic OH excluding ortho intramolecular Hbond substituents is 1. The number of fused-ring (bicyclic) bond motifs is 1. The van der Waals surface area contributed by atoms with Crippen LogP contribution in [0.2, 0.25) is 0 Å². The van der Waals surface area contributed by atoms with Crippen LogP contribution in [0.1, 0.15) is 70.8 Å². The van der Waals surface area contributed by atoms with Gasteiger partial charge in [-0.15, -0.1) is 0 Å². The Bertz CT molecular complexity index is 831. The molecule has 3 aliphatic rings. The molecule has 0 spiro atoms. The van der Waals surface area contributed by atoms with Crippen LogP contribution in [0.15, 0.2) is 59.7 Å². The summed E-state index contributed by atoms with van der Waals surface area (Å²) in [7, 11) is 0. The number of aliphatic hydroxyl groups is 1. The molecule has 0 aliphatic heterocycles. The number of allylic oxidation sites excluding steroid dienone is 4. The predicted molar refractivity (Wildman–Crippen MR) is 124 cm³/mol. The van der Waals surface area contributed by atoms with Crippen LogP contribution < -0.4 is 0 Å². The third kappa shape index (κ3) is 4.30. The van der Waals surface area contributed by atoms with Crippen LogP contribution in [0, 0.1) is 23.2 Å². The molecule has 0 bridgehead atoms. The summed E-state index contributed by atoms with van der Waals surface area (Å²) < 4.78 is 0. The van der Waals surface area contributed by atoms with Gasteiger partial charge in [0.05, 0.1) is 6.10 Å². The molecule has 0 saturated heterocycles. The van der Waals surface area contributed by atoms with E-state index >= 15 is 0 Å². The van der Waals surface area contributed by atoms with Crippen molar-refractivity contribution in [3.8, 4) is 5.75 Å². The van der Waals surface area contributed by atoms with E-state index < -0.39 is 0 Å². The van der Waals surface area contributed by atoms with Gasteiger partial charge in [0, 0.05) is 0 Å². The molecule has 3 fully saturated rings. The van der Waals surface area contributed by atoms with Crippen molar-refractivity contribution in [2.45, 2.75) is 77.7 Å². The van der Waals surface area contributed by atoms with Crippen LogP contribution in [0.25, 0.3) is 0 Å². The lowest BCUT2D eigenvalue weighted by Gasteiger charge is -2.44. The molecule has 162 valence electrons. The SMILES string of the molecule is C=C1CC[C@H](O)C/C1=C/C=C1\CCC[C@]2(C)[C@@H]([C@H](C)Cc3ccc(O)cc3)CC[C@@H]12. The standard InChI is InChI=1S/C28H38O2/c1-19-6-11-25(30)18-23(19)10-9-22-5-4-16-28(3)26(14-15-27(22)28)20(2)17-21-7-12-24(29)13-8-21/h7-10,12-13,20,25-27,29-30H,1,4-6,11,14-18H2,2-3H3/b22-9+,23-10-/t20-,25+,26-,27+,28-/m1/s1. The largest absolute Gasteiger partial charge is 0.508 e. The first-order valence-electron chi connectivity index (χ1n) is 11.9. The minimum Gasteiger partial charge on any atom is -0.508 e. The van der Waals surface area contributed by atoms with Gasteiger partial charge in [-0.2, -0.15) is 0 Å². The molecule has 4 rings (SSSR count). The van der Waals surface area contributed by atoms with E-state index in [1.807, 2.05) is 12.1 Å². The summed E-state index contributed by atoms with van der Waals surface area (Å²) in [5.41, 5.74) is 5.81. The monoisotopic (exact) mass is 406 g/mol. The van der Waals surface area contributed by atoms with Crippen molar-refractivity contribution in [3.63, 3.8) is 0 Å². The van der Waals surface area contributed by atoms with Gasteiger partial charge < -0.3 is 10.2 Å². The Morgan fingerprint density at radius 1 is 1.13 bits per heavy atom. The van der Waals surface area contributed by atoms with Crippen molar-refractivity contribution in [3.05, 3.63) is 65.3 Å². The van der Waals surface area contributed by atoms with E-state index in [9.17, 15) is 10.2 Å². The highest BCUT2D eigenvalue weighted by Crippen LogP contribution is 2.59. The molecule has 1 aromatic rings. The van der Waals surface area contributed by atoms with Gasteiger partial charge in [0.1, 0.15) is 5.75 Å². The Morgan fingerprint density at radius 3 is 2.67 bits per heavy atom. The Hall–Kier alpha value is -1.80. The summed E-state index contributed by atoms with van der Waals surface area (Å²) >= 11 is 0. The van der Waals surface area contributed by atoms with Crippen LogP contribution >= 0.6 is 0 Å². The predicted octanol–water partition coefficient (Wildman–Crippen LogP) is 6.74. The van der Waals surface area contributed by atoms with E-state index in [-0.39, 0.29) is 6.10 Å². The second-order valence-corrected chi connectivity index (χ2v) is 10.4. The normalized spacial score (nSPS) is 35.6. The van der Waals surface area contributed by atoms with E-state index in [0.717, 1.165) is 31.6 Å². The quantitative estimate of drug-likeness (QED) is 0.581. The number of hydrogen-bond donors (Lipinski definition) is 2. The summed E-state index contributed by atoms with van der Waals surface area (Å²) in [6.07, 6.45) is 14.6. The third-order valence-corrected chi connectivity index (χ3v) is 8.41. The summed E-state index contributed by atoms with van der Waals surface area (Å²) in [4.78, 5) is 0. The van der Waals surface area contributed by atoms with Gasteiger partial charge in [0.25, 0.3) is 0 Å². The lowest BCUT2D eigenvalue weighted by molar-refractivity contribution is 0.0975. The average molecular weight is 407 g/mol. The minimum absolute atomic E-state index is 0.201. The zero-order valence-electron chi connectivity index (χ0n) is 18.7. The smallest absolute Gasteiger partial charge is 0.115 e. The summed E-state index contributed by atoms with van der Waals surface area (Å²) in [5.74, 6) is 2.44. The molecular weight excluding hydrogens is 368 g/mol. The molecular formula is C28H38O2. The second kappa shape index (κ2) is 8.75. The van der Waals surface area contributed by atoms with Crippen molar-refractivity contribution >= 4 is 0 Å². The fourth-order valence-corrected chi connectivity index (χ4v) is 6.76. The maximum absolute atomic E-state index is 10.0. The Morgan fingerprint density at radius 2 is 1.90 bits per heavy atom. The molecule has 0 radical (unpaired) electrons. The van der Waals surface area contributed by atoms with E-state index in [1.54, 1.807) is 5.57 Å². The fraction of sp³-hybridized carbons (Fsp3) is 0.571. The Kier molecular flexibility index (Phi) is 6.25. The van der Waals surface area contributed by atoms with Crippen molar-refractivity contribution in [2.75, 3.05) is 0 Å². The fourth-order valence-electron chi connectivity index (χ4n) is 6.76. The average Bonchev–Trinajstić information content (AvgIpc) is 3.08. The molecule has 0 unspecified atom stereocenters. The molecule has 30 heavy (non-hydrogen) atoms. The van der Waals surface area contributed by atoms with Gasteiger partial charge in [-0.3, -0.25) is 0 Å². The van der Waals surface area contributed by atoms with Crippen molar-refractivity contribution in [2.24, 2.45) is 23.2 Å². The van der Waals surface area contributed by atoms with Crippen LogP contribution in [0.4, 0.5) is 0 Å². The molecule has 0 amide bonds. The first-order valence-corrected chi connectivity index (χ1v) is 11.9. The zero-order valence-corrected chi connectivity index (χ0v) is 18.7. The van der Waals surface area contributed by atoms with Gasteiger partial charge in [0.15, 0.2) is 0 Å². The molecule has 5 atom stereocenters. The molecule has 3 aliphatic carbocycles. The van der Waals surface area contributed by atoms with Crippen molar-refractivity contribution in [1.82, 2.24) is 0 Å². The molecule has 0 heterocycles. The summed E-state index contributed by atoms with van der Waals surface area (Å²) in [6.45, 7) is 9.21. The summed E-state index contributed by atoms with van der Waals surface area (Å²) in [6, 6.07) is 7.77. The molecule has 2 heteroatoms. The number of benzene rings is 1. The number of hydrogen-bond acceptors (Lipinski definition) is 2.